The lowest BCUT2D eigenvalue weighted by atomic mass is 10.2. The maximum absolute atomic E-state index is 11.3. The minimum Gasteiger partial charge on any atom is -0.422 e. The SMILES string of the molecule is C[C@@H](OC([O])=O)OC(=O)c1ccccc1. The van der Waals surface area contributed by atoms with Crippen LogP contribution >= 0.6 is 0 Å². The molecule has 1 radical (unpaired) electrons. The first kappa shape index (κ1) is 11.0. The summed E-state index contributed by atoms with van der Waals surface area (Å²) >= 11 is 0. The van der Waals surface area contributed by atoms with Gasteiger partial charge in [-0.2, -0.15) is 9.90 Å². The summed E-state index contributed by atoms with van der Waals surface area (Å²) < 4.78 is 8.77. The average molecular weight is 209 g/mol. The van der Waals surface area contributed by atoms with Gasteiger partial charge in [-0.05, 0) is 12.1 Å². The number of rotatable bonds is 3. The summed E-state index contributed by atoms with van der Waals surface area (Å²) in [5.74, 6) is -0.649. The number of carbonyl (C=O) groups excluding carboxylic acids is 2. The summed E-state index contributed by atoms with van der Waals surface area (Å²) in [5.41, 5.74) is 0.325. The Balaban J connectivity index is 2.53. The predicted molar refractivity (Wildman–Crippen MR) is 48.5 cm³/mol. The molecule has 0 amide bonds. The molecule has 79 valence electrons. The van der Waals surface area contributed by atoms with Crippen molar-refractivity contribution in [3.63, 3.8) is 0 Å². The lowest BCUT2D eigenvalue weighted by Gasteiger charge is -2.10. The van der Waals surface area contributed by atoms with E-state index in [9.17, 15) is 14.7 Å². The topological polar surface area (TPSA) is 72.5 Å². The van der Waals surface area contributed by atoms with Gasteiger partial charge < -0.3 is 9.47 Å². The molecule has 0 unspecified atom stereocenters. The highest BCUT2D eigenvalue weighted by Crippen LogP contribution is 2.04. The van der Waals surface area contributed by atoms with Crippen molar-refractivity contribution in [1.82, 2.24) is 0 Å². The van der Waals surface area contributed by atoms with Crippen molar-refractivity contribution in [3.05, 3.63) is 35.9 Å². The molecule has 0 heterocycles. The van der Waals surface area contributed by atoms with Gasteiger partial charge in [-0.3, -0.25) is 0 Å². The van der Waals surface area contributed by atoms with Crippen molar-refractivity contribution in [2.45, 2.75) is 13.2 Å². The Morgan fingerprint density at radius 1 is 1.13 bits per heavy atom. The van der Waals surface area contributed by atoms with Gasteiger partial charge in [0.05, 0.1) is 5.56 Å². The van der Waals surface area contributed by atoms with Crippen LogP contribution in [0.2, 0.25) is 0 Å². The highest BCUT2D eigenvalue weighted by molar-refractivity contribution is 5.89. The van der Waals surface area contributed by atoms with Crippen LogP contribution in [0.25, 0.3) is 0 Å². The molecule has 15 heavy (non-hydrogen) atoms. The average Bonchev–Trinajstić information content (AvgIpc) is 2.17. The molecule has 0 aromatic heterocycles. The Kier molecular flexibility index (Phi) is 3.68. The van der Waals surface area contributed by atoms with Gasteiger partial charge in [0.1, 0.15) is 0 Å². The predicted octanol–water partition coefficient (Wildman–Crippen LogP) is 1.76. The standard InChI is InChI=1S/C10H9O5/c1-7(15-10(12)13)14-9(11)8-5-3-2-4-6-8/h2-7H,1H3/t7-/m1/s1. The molecule has 5 heteroatoms. The summed E-state index contributed by atoms with van der Waals surface area (Å²) in [4.78, 5) is 21.3. The van der Waals surface area contributed by atoms with E-state index < -0.39 is 18.4 Å². The molecule has 0 N–H and O–H groups in total. The van der Waals surface area contributed by atoms with Gasteiger partial charge in [0, 0.05) is 6.92 Å². The van der Waals surface area contributed by atoms with Crippen molar-refractivity contribution in [1.29, 1.82) is 0 Å². The first-order chi connectivity index (χ1) is 7.09. The Morgan fingerprint density at radius 2 is 1.73 bits per heavy atom. The van der Waals surface area contributed by atoms with Gasteiger partial charge in [-0.25, -0.2) is 4.79 Å². The van der Waals surface area contributed by atoms with E-state index in [-0.39, 0.29) is 0 Å². The zero-order chi connectivity index (χ0) is 11.3. The van der Waals surface area contributed by atoms with Gasteiger partial charge >= 0.3 is 12.1 Å². The summed E-state index contributed by atoms with van der Waals surface area (Å²) in [7, 11) is 0. The smallest absolute Gasteiger partial charge is 0.422 e. The zero-order valence-corrected chi connectivity index (χ0v) is 8.01. The molecule has 0 aliphatic carbocycles. The largest absolute Gasteiger partial charge is 0.553 e. The van der Waals surface area contributed by atoms with Crippen molar-refractivity contribution >= 4 is 12.1 Å². The highest BCUT2D eigenvalue weighted by atomic mass is 16.8. The van der Waals surface area contributed by atoms with Crippen LogP contribution < -0.4 is 0 Å². The second-order valence-corrected chi connectivity index (χ2v) is 2.71. The van der Waals surface area contributed by atoms with Gasteiger partial charge in [0.2, 0.25) is 6.29 Å². The Morgan fingerprint density at radius 3 is 2.27 bits per heavy atom. The van der Waals surface area contributed by atoms with Crippen molar-refractivity contribution in [2.75, 3.05) is 0 Å². The second kappa shape index (κ2) is 4.99. The lowest BCUT2D eigenvalue weighted by Crippen LogP contribution is -2.20. The van der Waals surface area contributed by atoms with E-state index in [4.69, 9.17) is 0 Å². The fraction of sp³-hybridized carbons (Fsp3) is 0.200. The van der Waals surface area contributed by atoms with Crippen LogP contribution in [0.15, 0.2) is 30.3 Å². The molecular formula is C10H9O5. The van der Waals surface area contributed by atoms with Crippen molar-refractivity contribution in [2.24, 2.45) is 0 Å². The third kappa shape index (κ3) is 3.68. The van der Waals surface area contributed by atoms with E-state index in [0.29, 0.717) is 5.56 Å². The van der Waals surface area contributed by atoms with E-state index in [1.165, 1.54) is 6.92 Å². The quantitative estimate of drug-likeness (QED) is 0.561. The van der Waals surface area contributed by atoms with Crippen LogP contribution in [-0.4, -0.2) is 18.4 Å². The number of esters is 1. The minimum atomic E-state index is -1.73. The van der Waals surface area contributed by atoms with Gasteiger partial charge in [0.25, 0.3) is 0 Å². The zero-order valence-electron chi connectivity index (χ0n) is 8.01. The number of benzene rings is 1. The third-order valence-corrected chi connectivity index (χ3v) is 1.54. The second-order valence-electron chi connectivity index (χ2n) is 2.71. The Labute approximate surface area is 86.2 Å². The van der Waals surface area contributed by atoms with E-state index >= 15 is 0 Å². The number of hydrogen-bond acceptors (Lipinski definition) is 4. The van der Waals surface area contributed by atoms with Crippen LogP contribution in [0, 0.1) is 0 Å². The molecule has 5 nitrogen and oxygen atoms in total. The Hall–Kier alpha value is -2.04. The Bertz CT molecular complexity index is 346. The molecule has 0 fully saturated rings. The minimum absolute atomic E-state index is 0.325. The number of carbonyl (C=O) groups is 2. The molecule has 1 aromatic carbocycles. The van der Waals surface area contributed by atoms with Crippen LogP contribution in [-0.2, 0) is 14.6 Å². The van der Waals surface area contributed by atoms with E-state index in [1.807, 2.05) is 0 Å². The molecule has 0 aliphatic heterocycles. The fourth-order valence-electron chi connectivity index (χ4n) is 0.953. The summed E-state index contributed by atoms with van der Waals surface area (Å²) in [6, 6.07) is 8.18. The van der Waals surface area contributed by atoms with Crippen LogP contribution in [0.4, 0.5) is 4.79 Å². The fourth-order valence-corrected chi connectivity index (χ4v) is 0.953. The normalized spacial score (nSPS) is 11.5. The summed E-state index contributed by atoms with van der Waals surface area (Å²) in [6.45, 7) is 1.29. The molecule has 0 saturated heterocycles. The number of hydrogen-bond donors (Lipinski definition) is 0. The molecule has 1 atom stereocenters. The third-order valence-electron chi connectivity index (χ3n) is 1.54. The number of ether oxygens (including phenoxy) is 2. The van der Waals surface area contributed by atoms with Crippen LogP contribution in [0.1, 0.15) is 17.3 Å². The van der Waals surface area contributed by atoms with E-state index in [1.54, 1.807) is 30.3 Å². The molecule has 1 aromatic rings. The molecule has 0 bridgehead atoms. The monoisotopic (exact) mass is 209 g/mol. The van der Waals surface area contributed by atoms with E-state index in [2.05, 4.69) is 9.47 Å². The molecular weight excluding hydrogens is 200 g/mol. The first-order valence-corrected chi connectivity index (χ1v) is 4.23. The lowest BCUT2D eigenvalue weighted by molar-refractivity contribution is -0.0804. The van der Waals surface area contributed by atoms with Crippen LogP contribution in [0.5, 0.6) is 0 Å². The molecule has 0 spiro atoms. The summed E-state index contributed by atoms with van der Waals surface area (Å²) in [5, 5.41) is 10.0. The molecule has 0 saturated carbocycles. The van der Waals surface area contributed by atoms with Crippen molar-refractivity contribution in [3.8, 4) is 0 Å². The summed E-state index contributed by atoms with van der Waals surface area (Å²) in [6.07, 6.45) is -2.91. The van der Waals surface area contributed by atoms with Crippen molar-refractivity contribution < 1.29 is 24.2 Å². The van der Waals surface area contributed by atoms with Gasteiger partial charge in [-0.1, -0.05) is 18.2 Å². The highest BCUT2D eigenvalue weighted by Gasteiger charge is 2.15. The first-order valence-electron chi connectivity index (χ1n) is 4.23. The van der Waals surface area contributed by atoms with Crippen LogP contribution in [0.3, 0.4) is 0 Å². The van der Waals surface area contributed by atoms with E-state index in [0.717, 1.165) is 0 Å². The molecule has 0 aliphatic rings. The maximum atomic E-state index is 11.3. The molecule has 1 rings (SSSR count). The van der Waals surface area contributed by atoms with Gasteiger partial charge in [0.15, 0.2) is 0 Å². The maximum Gasteiger partial charge on any atom is 0.553 e. The van der Waals surface area contributed by atoms with Gasteiger partial charge in [-0.15, -0.1) is 0 Å².